The van der Waals surface area contributed by atoms with E-state index in [1.165, 1.54) is 10.9 Å². The molecule has 0 aliphatic carbocycles. The number of ether oxygens (including phenoxy) is 1. The lowest BCUT2D eigenvalue weighted by molar-refractivity contribution is -0.672. The van der Waals surface area contributed by atoms with Crippen molar-refractivity contribution in [3.05, 3.63) is 42.6 Å². The minimum Gasteiger partial charge on any atom is -0.378 e. The van der Waals surface area contributed by atoms with Crippen LogP contribution in [-0.2, 0) is 11.3 Å². The van der Waals surface area contributed by atoms with Gasteiger partial charge < -0.3 is 4.74 Å². The summed E-state index contributed by atoms with van der Waals surface area (Å²) in [6, 6.07) is 12.6. The molecule has 0 radical (unpaired) electrons. The largest absolute Gasteiger partial charge is 0.378 e. The molecule has 0 spiro atoms. The summed E-state index contributed by atoms with van der Waals surface area (Å²) in [4.78, 5) is 0. The van der Waals surface area contributed by atoms with Crippen LogP contribution in [0.3, 0.4) is 0 Å². The van der Waals surface area contributed by atoms with E-state index >= 15 is 0 Å². The number of methoxy groups -OCH3 is 1. The quantitative estimate of drug-likeness (QED) is 0.669. The summed E-state index contributed by atoms with van der Waals surface area (Å²) in [6.07, 6.45) is 2.08. The van der Waals surface area contributed by atoms with Crippen molar-refractivity contribution in [3.63, 3.8) is 0 Å². The Hall–Kier alpha value is -1.41. The zero-order valence-corrected chi connectivity index (χ0v) is 8.31. The zero-order chi connectivity index (χ0) is 9.80. The number of hydrogen-bond donors (Lipinski definition) is 0. The second kappa shape index (κ2) is 4.20. The molecule has 2 aromatic rings. The summed E-state index contributed by atoms with van der Waals surface area (Å²) in [7, 11) is 1.73. The van der Waals surface area contributed by atoms with E-state index < -0.39 is 0 Å². The van der Waals surface area contributed by atoms with E-state index in [1.54, 1.807) is 7.11 Å². The molecule has 2 nitrogen and oxygen atoms in total. The monoisotopic (exact) mass is 188 g/mol. The topological polar surface area (TPSA) is 13.1 Å². The van der Waals surface area contributed by atoms with Crippen LogP contribution >= 0.6 is 0 Å². The number of para-hydroxylation sites is 1. The molecule has 0 saturated heterocycles. The maximum Gasteiger partial charge on any atom is 0.212 e. The third-order valence-electron chi connectivity index (χ3n) is 2.32. The predicted molar refractivity (Wildman–Crippen MR) is 56.0 cm³/mol. The molecule has 0 aliphatic rings. The Morgan fingerprint density at radius 2 is 1.93 bits per heavy atom. The van der Waals surface area contributed by atoms with Gasteiger partial charge in [0.05, 0.1) is 0 Å². The summed E-state index contributed by atoms with van der Waals surface area (Å²) in [5.74, 6) is 0. The molecule has 0 N–H and O–H groups in total. The van der Waals surface area contributed by atoms with E-state index in [9.17, 15) is 0 Å². The van der Waals surface area contributed by atoms with Gasteiger partial charge in [-0.15, -0.1) is 0 Å². The lowest BCUT2D eigenvalue weighted by Gasteiger charge is -1.99. The molecule has 0 atom stereocenters. The van der Waals surface area contributed by atoms with E-state index in [4.69, 9.17) is 4.74 Å². The first-order chi connectivity index (χ1) is 6.92. The number of nitrogens with zero attached hydrogens (tertiary/aromatic N) is 1. The fraction of sp³-hybridized carbons (Fsp3) is 0.250. The van der Waals surface area contributed by atoms with Gasteiger partial charge in [0, 0.05) is 24.6 Å². The van der Waals surface area contributed by atoms with Crippen LogP contribution in [0.25, 0.3) is 10.9 Å². The average Bonchev–Trinajstić information content (AvgIpc) is 2.26. The minimum atomic E-state index is 0.749. The Bertz CT molecular complexity index is 420. The second-order valence-electron chi connectivity index (χ2n) is 3.25. The van der Waals surface area contributed by atoms with Gasteiger partial charge >= 0.3 is 0 Å². The van der Waals surface area contributed by atoms with Crippen molar-refractivity contribution in [2.75, 3.05) is 13.7 Å². The Morgan fingerprint density at radius 1 is 1.14 bits per heavy atom. The van der Waals surface area contributed by atoms with Gasteiger partial charge in [-0.05, 0) is 12.1 Å². The van der Waals surface area contributed by atoms with Crippen molar-refractivity contribution < 1.29 is 9.30 Å². The van der Waals surface area contributed by atoms with E-state index in [2.05, 4.69) is 47.2 Å². The maximum absolute atomic E-state index is 5.07. The highest BCUT2D eigenvalue weighted by Crippen LogP contribution is 2.07. The summed E-state index contributed by atoms with van der Waals surface area (Å²) >= 11 is 0. The lowest BCUT2D eigenvalue weighted by Crippen LogP contribution is -2.36. The van der Waals surface area contributed by atoms with Gasteiger partial charge in [0.2, 0.25) is 5.52 Å². The van der Waals surface area contributed by atoms with Crippen LogP contribution in [0.1, 0.15) is 0 Å². The Balaban J connectivity index is 2.43. The molecule has 0 aliphatic heterocycles. The molecular formula is C12H14NO+. The van der Waals surface area contributed by atoms with Gasteiger partial charge in [-0.1, -0.05) is 12.1 Å². The van der Waals surface area contributed by atoms with Crippen LogP contribution < -0.4 is 4.57 Å². The van der Waals surface area contributed by atoms with Gasteiger partial charge in [-0.25, -0.2) is 0 Å². The van der Waals surface area contributed by atoms with Gasteiger partial charge in [0.25, 0.3) is 0 Å². The first kappa shape index (κ1) is 9.16. The Labute approximate surface area is 83.8 Å². The third kappa shape index (κ3) is 1.75. The number of rotatable bonds is 3. The molecule has 1 aromatic carbocycles. The van der Waals surface area contributed by atoms with E-state index in [0.717, 1.165) is 13.2 Å². The zero-order valence-electron chi connectivity index (χ0n) is 8.31. The van der Waals surface area contributed by atoms with Crippen molar-refractivity contribution in [2.24, 2.45) is 0 Å². The van der Waals surface area contributed by atoms with Crippen molar-refractivity contribution in [1.82, 2.24) is 0 Å². The fourth-order valence-electron chi connectivity index (χ4n) is 1.61. The number of fused-ring (bicyclic) bond motifs is 1. The Kier molecular flexibility index (Phi) is 2.75. The molecule has 1 aromatic heterocycles. The Morgan fingerprint density at radius 3 is 2.79 bits per heavy atom. The third-order valence-corrected chi connectivity index (χ3v) is 2.32. The highest BCUT2D eigenvalue weighted by Gasteiger charge is 2.05. The first-order valence-electron chi connectivity index (χ1n) is 4.78. The van der Waals surface area contributed by atoms with Crippen molar-refractivity contribution >= 4 is 10.9 Å². The van der Waals surface area contributed by atoms with Gasteiger partial charge in [-0.2, -0.15) is 4.57 Å². The smallest absolute Gasteiger partial charge is 0.212 e. The molecule has 2 heteroatoms. The summed E-state index contributed by atoms with van der Waals surface area (Å²) in [5.41, 5.74) is 1.26. The van der Waals surface area contributed by atoms with Crippen LogP contribution in [0.4, 0.5) is 0 Å². The molecule has 0 amide bonds. The fourth-order valence-corrected chi connectivity index (χ4v) is 1.61. The van der Waals surface area contributed by atoms with Crippen molar-refractivity contribution in [3.8, 4) is 0 Å². The SMILES string of the molecule is COCC[n+]1cccc2ccccc21. The van der Waals surface area contributed by atoms with E-state index in [0.29, 0.717) is 0 Å². The van der Waals surface area contributed by atoms with Crippen LogP contribution in [0.15, 0.2) is 42.6 Å². The number of hydrogen-bond acceptors (Lipinski definition) is 1. The summed E-state index contributed by atoms with van der Waals surface area (Å²) < 4.78 is 7.28. The average molecular weight is 188 g/mol. The van der Waals surface area contributed by atoms with Crippen LogP contribution in [0.2, 0.25) is 0 Å². The molecule has 0 fully saturated rings. The molecular weight excluding hydrogens is 174 g/mol. The van der Waals surface area contributed by atoms with Gasteiger partial charge in [-0.3, -0.25) is 0 Å². The van der Waals surface area contributed by atoms with Crippen molar-refractivity contribution in [1.29, 1.82) is 0 Å². The standard InChI is InChI=1S/C12H14NO/c1-14-10-9-13-8-4-6-11-5-2-3-7-12(11)13/h2-8H,9-10H2,1H3/q+1. The molecule has 2 rings (SSSR count). The van der Waals surface area contributed by atoms with Crippen molar-refractivity contribution in [2.45, 2.75) is 6.54 Å². The van der Waals surface area contributed by atoms with Crippen LogP contribution in [0, 0.1) is 0 Å². The maximum atomic E-state index is 5.07. The normalized spacial score (nSPS) is 10.6. The molecule has 72 valence electrons. The van der Waals surface area contributed by atoms with Gasteiger partial charge in [0.1, 0.15) is 6.61 Å². The second-order valence-corrected chi connectivity index (χ2v) is 3.25. The molecule has 1 heterocycles. The molecule has 14 heavy (non-hydrogen) atoms. The minimum absolute atomic E-state index is 0.749. The van der Waals surface area contributed by atoms with Gasteiger partial charge in [0.15, 0.2) is 12.7 Å². The van der Waals surface area contributed by atoms with Crippen LogP contribution in [0.5, 0.6) is 0 Å². The molecule has 0 unspecified atom stereocenters. The number of benzene rings is 1. The lowest BCUT2D eigenvalue weighted by atomic mass is 10.2. The number of pyridine rings is 1. The molecule has 0 bridgehead atoms. The van der Waals surface area contributed by atoms with E-state index in [-0.39, 0.29) is 0 Å². The summed E-state index contributed by atoms with van der Waals surface area (Å²) in [5, 5.41) is 1.27. The molecule has 0 saturated carbocycles. The van der Waals surface area contributed by atoms with E-state index in [1.807, 2.05) is 0 Å². The summed E-state index contributed by atoms with van der Waals surface area (Å²) in [6.45, 7) is 1.65. The number of aromatic nitrogens is 1. The first-order valence-corrected chi connectivity index (χ1v) is 4.78. The highest BCUT2D eigenvalue weighted by molar-refractivity contribution is 5.74. The van der Waals surface area contributed by atoms with Crippen LogP contribution in [-0.4, -0.2) is 13.7 Å². The highest BCUT2D eigenvalue weighted by atomic mass is 16.5. The predicted octanol–water partition coefficient (Wildman–Crippen LogP) is 1.77.